The number of nitrogens with one attached hydrogen (secondary N) is 1. The van der Waals surface area contributed by atoms with Crippen LogP contribution in [0.2, 0.25) is 0 Å². The van der Waals surface area contributed by atoms with Gasteiger partial charge in [-0.15, -0.1) is 0 Å². The van der Waals surface area contributed by atoms with Crippen molar-refractivity contribution in [2.45, 2.75) is 34.6 Å². The molecule has 0 fully saturated rings. The molecule has 3 N–H and O–H groups in total. The fraction of sp³-hybridized carbons (Fsp3) is 0.571. The highest BCUT2D eigenvalue weighted by molar-refractivity contribution is 5.67. The number of nitrogens with two attached hydrogens (primary N) is 1. The highest BCUT2D eigenvalue weighted by Gasteiger charge is 2.22. The van der Waals surface area contributed by atoms with Crippen molar-refractivity contribution in [3.63, 3.8) is 0 Å². The van der Waals surface area contributed by atoms with Crippen molar-refractivity contribution < 1.29 is 4.39 Å². The zero-order valence-electron chi connectivity index (χ0n) is 11.4. The average Bonchev–Trinajstić information content (AvgIpc) is 2.21. The third kappa shape index (κ3) is 3.35. The first-order valence-corrected chi connectivity index (χ1v) is 6.03. The number of hydrogen-bond donors (Lipinski definition) is 2. The molecule has 17 heavy (non-hydrogen) atoms. The van der Waals surface area contributed by atoms with Gasteiger partial charge in [-0.1, -0.05) is 27.7 Å². The van der Waals surface area contributed by atoms with E-state index in [0.717, 1.165) is 12.2 Å². The zero-order chi connectivity index (χ0) is 13.2. The van der Waals surface area contributed by atoms with E-state index in [9.17, 15) is 4.39 Å². The molecule has 2 nitrogen and oxygen atoms in total. The largest absolute Gasteiger partial charge is 0.397 e. The van der Waals surface area contributed by atoms with Crippen LogP contribution >= 0.6 is 0 Å². The Morgan fingerprint density at radius 2 is 1.94 bits per heavy atom. The fourth-order valence-corrected chi connectivity index (χ4v) is 1.38. The Morgan fingerprint density at radius 1 is 1.35 bits per heavy atom. The van der Waals surface area contributed by atoms with Gasteiger partial charge in [-0.25, -0.2) is 4.39 Å². The lowest BCUT2D eigenvalue weighted by Gasteiger charge is -2.30. The second-order valence-corrected chi connectivity index (χ2v) is 5.69. The minimum atomic E-state index is -0.254. The third-order valence-corrected chi connectivity index (χ3v) is 3.63. The van der Waals surface area contributed by atoms with Crippen LogP contribution in [0.4, 0.5) is 15.8 Å². The molecule has 3 heteroatoms. The third-order valence-electron chi connectivity index (χ3n) is 3.63. The summed E-state index contributed by atoms with van der Waals surface area (Å²) in [6, 6.07) is 3.14. The first-order chi connectivity index (χ1) is 7.74. The van der Waals surface area contributed by atoms with Gasteiger partial charge in [0, 0.05) is 6.54 Å². The van der Waals surface area contributed by atoms with E-state index in [1.165, 1.54) is 6.07 Å². The van der Waals surface area contributed by atoms with Crippen molar-refractivity contribution in [2.24, 2.45) is 11.3 Å². The molecule has 0 aliphatic heterocycles. The Hall–Kier alpha value is -1.25. The lowest BCUT2D eigenvalue weighted by atomic mass is 9.81. The van der Waals surface area contributed by atoms with Crippen LogP contribution in [0.15, 0.2) is 12.1 Å². The molecule has 1 aromatic rings. The Kier molecular flexibility index (Phi) is 4.02. The van der Waals surface area contributed by atoms with Gasteiger partial charge in [0.05, 0.1) is 11.4 Å². The van der Waals surface area contributed by atoms with Gasteiger partial charge >= 0.3 is 0 Å². The molecular formula is C14H23FN2. The van der Waals surface area contributed by atoms with Gasteiger partial charge in [0.2, 0.25) is 0 Å². The van der Waals surface area contributed by atoms with E-state index in [1.807, 2.05) is 0 Å². The van der Waals surface area contributed by atoms with E-state index in [0.29, 0.717) is 17.2 Å². The summed E-state index contributed by atoms with van der Waals surface area (Å²) in [6.07, 6.45) is 0. The SMILES string of the molecule is Cc1cc(NCC(C)(C)C(C)C)c(N)cc1F. The molecule has 1 aromatic carbocycles. The summed E-state index contributed by atoms with van der Waals surface area (Å²) in [5.41, 5.74) is 7.87. The van der Waals surface area contributed by atoms with Crippen molar-refractivity contribution in [1.29, 1.82) is 0 Å². The van der Waals surface area contributed by atoms with Crippen LogP contribution in [0.25, 0.3) is 0 Å². The maximum atomic E-state index is 13.3. The molecule has 0 saturated heterocycles. The summed E-state index contributed by atoms with van der Waals surface area (Å²) in [4.78, 5) is 0. The van der Waals surface area contributed by atoms with Gasteiger partial charge < -0.3 is 11.1 Å². The molecule has 96 valence electrons. The van der Waals surface area contributed by atoms with Crippen LogP contribution in [0.5, 0.6) is 0 Å². The molecule has 0 spiro atoms. The summed E-state index contributed by atoms with van der Waals surface area (Å²) >= 11 is 0. The molecule has 0 aliphatic carbocycles. The molecule has 0 saturated carbocycles. The highest BCUT2D eigenvalue weighted by atomic mass is 19.1. The topological polar surface area (TPSA) is 38.0 Å². The summed E-state index contributed by atoms with van der Waals surface area (Å²) in [6.45, 7) is 11.4. The number of nitrogen functional groups attached to an aromatic ring is 1. The monoisotopic (exact) mass is 238 g/mol. The van der Waals surface area contributed by atoms with Crippen molar-refractivity contribution in [2.75, 3.05) is 17.6 Å². The van der Waals surface area contributed by atoms with Gasteiger partial charge in [0.1, 0.15) is 5.82 Å². The van der Waals surface area contributed by atoms with E-state index in [1.54, 1.807) is 13.0 Å². The molecule has 0 aromatic heterocycles. The predicted octanol–water partition coefficient (Wildman–Crippen LogP) is 3.81. The van der Waals surface area contributed by atoms with Gasteiger partial charge in [-0.3, -0.25) is 0 Å². The zero-order valence-corrected chi connectivity index (χ0v) is 11.4. The summed E-state index contributed by atoms with van der Waals surface area (Å²) in [5, 5.41) is 3.31. The maximum Gasteiger partial charge on any atom is 0.128 e. The van der Waals surface area contributed by atoms with Crippen LogP contribution in [0.1, 0.15) is 33.3 Å². The minimum absolute atomic E-state index is 0.175. The van der Waals surface area contributed by atoms with Gasteiger partial charge in [-0.05, 0) is 36.0 Å². The van der Waals surface area contributed by atoms with E-state index in [-0.39, 0.29) is 11.2 Å². The average molecular weight is 238 g/mol. The summed E-state index contributed by atoms with van der Waals surface area (Å²) < 4.78 is 13.3. The Balaban J connectivity index is 2.80. The lowest BCUT2D eigenvalue weighted by Crippen LogP contribution is -2.28. The van der Waals surface area contributed by atoms with Crippen LogP contribution in [0, 0.1) is 24.1 Å². The molecule has 1 rings (SSSR count). The first-order valence-electron chi connectivity index (χ1n) is 6.03. The highest BCUT2D eigenvalue weighted by Crippen LogP contribution is 2.28. The van der Waals surface area contributed by atoms with Crippen LogP contribution < -0.4 is 11.1 Å². The number of hydrogen-bond acceptors (Lipinski definition) is 2. The molecule has 0 amide bonds. The molecule has 0 atom stereocenters. The van der Waals surface area contributed by atoms with Crippen molar-refractivity contribution in [3.05, 3.63) is 23.5 Å². The summed E-state index contributed by atoms with van der Waals surface area (Å²) in [5.74, 6) is 0.314. The lowest BCUT2D eigenvalue weighted by molar-refractivity contribution is 0.270. The van der Waals surface area contributed by atoms with Crippen LogP contribution in [0.3, 0.4) is 0 Å². The Morgan fingerprint density at radius 3 is 2.47 bits per heavy atom. The smallest absolute Gasteiger partial charge is 0.128 e. The Bertz CT molecular complexity index is 397. The normalized spacial score (nSPS) is 11.9. The molecule has 0 aliphatic rings. The number of rotatable bonds is 4. The molecule has 0 heterocycles. The standard InChI is InChI=1S/C14H23FN2/c1-9(2)14(4,5)8-17-13-6-10(3)11(15)7-12(13)16/h6-7,9,17H,8,16H2,1-5H3. The van der Waals surface area contributed by atoms with E-state index >= 15 is 0 Å². The molecular weight excluding hydrogens is 215 g/mol. The molecule has 0 radical (unpaired) electrons. The maximum absolute atomic E-state index is 13.3. The number of benzene rings is 1. The number of halogens is 1. The van der Waals surface area contributed by atoms with Gasteiger partial charge in [-0.2, -0.15) is 0 Å². The van der Waals surface area contributed by atoms with E-state index in [2.05, 4.69) is 33.0 Å². The first kappa shape index (κ1) is 13.8. The van der Waals surface area contributed by atoms with Crippen molar-refractivity contribution in [1.82, 2.24) is 0 Å². The quantitative estimate of drug-likeness (QED) is 0.783. The number of aryl methyl sites for hydroxylation is 1. The van der Waals surface area contributed by atoms with E-state index in [4.69, 9.17) is 5.73 Å². The number of anilines is 2. The van der Waals surface area contributed by atoms with Gasteiger partial charge in [0.15, 0.2) is 0 Å². The predicted molar refractivity (Wildman–Crippen MR) is 72.7 cm³/mol. The fourth-order valence-electron chi connectivity index (χ4n) is 1.38. The second kappa shape index (κ2) is 4.94. The van der Waals surface area contributed by atoms with Gasteiger partial charge in [0.25, 0.3) is 0 Å². The van der Waals surface area contributed by atoms with Crippen LogP contribution in [-0.4, -0.2) is 6.54 Å². The van der Waals surface area contributed by atoms with Crippen LogP contribution in [-0.2, 0) is 0 Å². The molecule has 0 unspecified atom stereocenters. The summed E-state index contributed by atoms with van der Waals surface area (Å²) in [7, 11) is 0. The van der Waals surface area contributed by atoms with E-state index < -0.39 is 0 Å². The molecule has 0 bridgehead atoms. The second-order valence-electron chi connectivity index (χ2n) is 5.69. The minimum Gasteiger partial charge on any atom is -0.397 e. The Labute approximate surface area is 103 Å². The van der Waals surface area contributed by atoms with Crippen molar-refractivity contribution in [3.8, 4) is 0 Å². The van der Waals surface area contributed by atoms with Crippen molar-refractivity contribution >= 4 is 11.4 Å².